The van der Waals surface area contributed by atoms with Crippen LogP contribution in [0.3, 0.4) is 0 Å². The summed E-state index contributed by atoms with van der Waals surface area (Å²) in [6.45, 7) is 15.3. The van der Waals surface area contributed by atoms with Crippen molar-refractivity contribution in [2.24, 2.45) is 5.92 Å². The van der Waals surface area contributed by atoms with E-state index in [4.69, 9.17) is 0 Å². The molecule has 0 amide bonds. The van der Waals surface area contributed by atoms with Gasteiger partial charge in [-0.15, -0.1) is 0 Å². The highest BCUT2D eigenvalue weighted by molar-refractivity contribution is 5.67. The van der Waals surface area contributed by atoms with E-state index in [0.717, 1.165) is 38.3 Å². The predicted molar refractivity (Wildman–Crippen MR) is 133 cm³/mol. The van der Waals surface area contributed by atoms with E-state index in [1.54, 1.807) is 5.56 Å². The van der Waals surface area contributed by atoms with Crippen molar-refractivity contribution in [2.75, 3.05) is 13.1 Å². The van der Waals surface area contributed by atoms with Gasteiger partial charge in [0.2, 0.25) is 0 Å². The number of allylic oxidation sites excluding steroid dienone is 6. The minimum absolute atomic E-state index is 0.583. The summed E-state index contributed by atoms with van der Waals surface area (Å²) in [4.78, 5) is 2.48. The molecule has 31 heavy (non-hydrogen) atoms. The van der Waals surface area contributed by atoms with Gasteiger partial charge in [0.1, 0.15) is 0 Å². The summed E-state index contributed by atoms with van der Waals surface area (Å²) in [6.07, 6.45) is 15.3. The summed E-state index contributed by atoms with van der Waals surface area (Å²) in [5.74, 6) is 1.36. The average Bonchev–Trinajstić information content (AvgIpc) is 2.75. The quantitative estimate of drug-likeness (QED) is 0.341. The van der Waals surface area contributed by atoms with Gasteiger partial charge in [-0.2, -0.15) is 5.26 Å². The molecule has 1 saturated carbocycles. The van der Waals surface area contributed by atoms with Crippen LogP contribution >= 0.6 is 0 Å². The first-order valence-electron chi connectivity index (χ1n) is 12.0. The summed E-state index contributed by atoms with van der Waals surface area (Å²) >= 11 is 0. The zero-order valence-corrected chi connectivity index (χ0v) is 19.9. The molecule has 3 rings (SSSR count). The third-order valence-corrected chi connectivity index (χ3v) is 7.24. The van der Waals surface area contributed by atoms with Crippen molar-refractivity contribution >= 4 is 5.70 Å². The number of nitriles is 1. The van der Waals surface area contributed by atoms with Crippen molar-refractivity contribution < 1.29 is 0 Å². The van der Waals surface area contributed by atoms with E-state index in [1.165, 1.54) is 47.2 Å². The molecule has 0 bridgehead atoms. The molecule has 2 aliphatic rings. The average molecular weight is 415 g/mol. The third-order valence-electron chi connectivity index (χ3n) is 7.24. The lowest BCUT2D eigenvalue weighted by Gasteiger charge is -2.36. The molecular formula is C29H38N2. The Labute approximate surface area is 189 Å². The normalized spacial score (nSPS) is 18.9. The van der Waals surface area contributed by atoms with Crippen LogP contribution in [0, 0.1) is 24.2 Å². The first-order chi connectivity index (χ1) is 15.0. The van der Waals surface area contributed by atoms with Gasteiger partial charge in [0.05, 0.1) is 11.6 Å². The van der Waals surface area contributed by atoms with Gasteiger partial charge < -0.3 is 4.90 Å². The topological polar surface area (TPSA) is 27.0 Å². The Bertz CT molecular complexity index is 926. The van der Waals surface area contributed by atoms with Crippen molar-refractivity contribution in [1.82, 2.24) is 4.90 Å². The zero-order chi connectivity index (χ0) is 22.4. The Morgan fingerprint density at radius 3 is 2.45 bits per heavy atom. The number of hydrogen-bond acceptors (Lipinski definition) is 2. The highest BCUT2D eigenvalue weighted by Gasteiger charge is 2.25. The second-order valence-corrected chi connectivity index (χ2v) is 9.20. The Hall–Kier alpha value is -2.53. The van der Waals surface area contributed by atoms with Gasteiger partial charge in [-0.25, -0.2) is 0 Å². The fourth-order valence-electron chi connectivity index (χ4n) is 4.93. The van der Waals surface area contributed by atoms with Crippen LogP contribution < -0.4 is 0 Å². The lowest BCUT2D eigenvalue weighted by Crippen LogP contribution is -2.32. The van der Waals surface area contributed by atoms with E-state index in [2.05, 4.69) is 56.5 Å². The zero-order valence-electron chi connectivity index (χ0n) is 19.9. The van der Waals surface area contributed by atoms with E-state index in [1.807, 2.05) is 25.2 Å². The molecule has 1 heterocycles. The SMILES string of the molecule is C=C(c1cc(CC)c(C2CCC2)cc1C)N1CCC(/C(C)=C/C=C(C#N)\C=C/C)CC1. The van der Waals surface area contributed by atoms with Crippen LogP contribution in [0.2, 0.25) is 0 Å². The predicted octanol–water partition coefficient (Wildman–Crippen LogP) is 7.48. The summed E-state index contributed by atoms with van der Waals surface area (Å²) in [6, 6.07) is 7.12. The third kappa shape index (κ3) is 5.40. The molecule has 0 N–H and O–H groups in total. The number of nitrogens with zero attached hydrogens (tertiary/aromatic N) is 2. The highest BCUT2D eigenvalue weighted by Crippen LogP contribution is 2.40. The first-order valence-corrected chi connectivity index (χ1v) is 12.0. The fourth-order valence-corrected chi connectivity index (χ4v) is 4.93. The van der Waals surface area contributed by atoms with Gasteiger partial charge in [-0.05, 0) is 99.6 Å². The molecule has 0 radical (unpaired) electrons. The van der Waals surface area contributed by atoms with E-state index >= 15 is 0 Å². The van der Waals surface area contributed by atoms with Gasteiger partial charge in [-0.3, -0.25) is 0 Å². The number of likely N-dealkylation sites (tertiary alicyclic amines) is 1. The van der Waals surface area contributed by atoms with Gasteiger partial charge in [0.15, 0.2) is 0 Å². The maximum atomic E-state index is 9.19. The molecular weight excluding hydrogens is 376 g/mol. The van der Waals surface area contributed by atoms with E-state index < -0.39 is 0 Å². The summed E-state index contributed by atoms with van der Waals surface area (Å²) in [5.41, 5.74) is 9.08. The second-order valence-electron chi connectivity index (χ2n) is 9.20. The van der Waals surface area contributed by atoms with Gasteiger partial charge >= 0.3 is 0 Å². The van der Waals surface area contributed by atoms with E-state index in [0.29, 0.717) is 11.5 Å². The molecule has 0 atom stereocenters. The lowest BCUT2D eigenvalue weighted by atomic mass is 9.76. The Kier molecular flexibility index (Phi) is 7.97. The number of benzene rings is 1. The fraction of sp³-hybridized carbons (Fsp3) is 0.483. The number of rotatable bonds is 7. The van der Waals surface area contributed by atoms with Crippen LogP contribution in [0.4, 0.5) is 0 Å². The van der Waals surface area contributed by atoms with Crippen LogP contribution in [0.15, 0.2) is 54.2 Å². The maximum absolute atomic E-state index is 9.19. The summed E-state index contributed by atoms with van der Waals surface area (Å²) in [5, 5.41) is 9.19. The van der Waals surface area contributed by atoms with E-state index in [9.17, 15) is 5.26 Å². The van der Waals surface area contributed by atoms with Gasteiger partial charge in [-0.1, -0.05) is 43.7 Å². The summed E-state index contributed by atoms with van der Waals surface area (Å²) in [7, 11) is 0. The van der Waals surface area contributed by atoms with Crippen molar-refractivity contribution in [3.05, 3.63) is 76.4 Å². The molecule has 1 aromatic carbocycles. The van der Waals surface area contributed by atoms with Crippen LogP contribution in [0.1, 0.15) is 81.0 Å². The van der Waals surface area contributed by atoms with Crippen molar-refractivity contribution in [3.8, 4) is 6.07 Å². The minimum atomic E-state index is 0.583. The van der Waals surface area contributed by atoms with Crippen LogP contribution in [0.25, 0.3) is 5.70 Å². The molecule has 164 valence electrons. The number of piperidine rings is 1. The summed E-state index contributed by atoms with van der Waals surface area (Å²) < 4.78 is 0. The van der Waals surface area contributed by atoms with Gasteiger partial charge in [0.25, 0.3) is 0 Å². The minimum Gasteiger partial charge on any atom is -0.371 e. The molecule has 1 saturated heterocycles. The Morgan fingerprint density at radius 1 is 1.19 bits per heavy atom. The van der Waals surface area contributed by atoms with E-state index in [-0.39, 0.29) is 0 Å². The second kappa shape index (κ2) is 10.7. The van der Waals surface area contributed by atoms with Crippen LogP contribution in [0.5, 0.6) is 0 Å². The smallest absolute Gasteiger partial charge is 0.0991 e. The first kappa shape index (κ1) is 23.1. The molecule has 0 unspecified atom stereocenters. The van der Waals surface area contributed by atoms with Crippen LogP contribution in [-0.4, -0.2) is 18.0 Å². The molecule has 1 aliphatic heterocycles. The molecule has 2 nitrogen and oxygen atoms in total. The molecule has 0 spiro atoms. The van der Waals surface area contributed by atoms with Crippen molar-refractivity contribution in [2.45, 2.75) is 72.1 Å². The molecule has 1 aromatic rings. The van der Waals surface area contributed by atoms with Gasteiger partial charge in [0, 0.05) is 24.4 Å². The lowest BCUT2D eigenvalue weighted by molar-refractivity contribution is 0.278. The standard InChI is InChI=1S/C29H38N2/c1-6-9-24(20-30)13-12-21(3)26-14-16-31(17-15-26)23(5)28-19-25(7-2)29(18-22(28)4)27-10-8-11-27/h6,9,12-13,18-19,26-27H,5,7-8,10-11,14-17H2,1-4H3/b9-6-,21-12+,24-13+. The number of aryl methyl sites for hydroxylation is 2. The molecule has 1 aliphatic carbocycles. The highest BCUT2D eigenvalue weighted by atomic mass is 15.1. The number of hydrogen-bond donors (Lipinski definition) is 0. The maximum Gasteiger partial charge on any atom is 0.0991 e. The van der Waals surface area contributed by atoms with Crippen molar-refractivity contribution in [1.29, 1.82) is 5.26 Å². The monoisotopic (exact) mass is 414 g/mol. The van der Waals surface area contributed by atoms with Crippen LogP contribution in [-0.2, 0) is 6.42 Å². The molecule has 2 fully saturated rings. The molecule has 0 aromatic heterocycles. The van der Waals surface area contributed by atoms with Crippen molar-refractivity contribution in [3.63, 3.8) is 0 Å². The largest absolute Gasteiger partial charge is 0.371 e. The molecule has 2 heteroatoms. The Morgan fingerprint density at radius 2 is 1.90 bits per heavy atom. The Balaban J connectivity index is 1.67.